The summed E-state index contributed by atoms with van der Waals surface area (Å²) >= 11 is 1.70. The van der Waals surface area contributed by atoms with Gasteiger partial charge in [-0.2, -0.15) is 0 Å². The third kappa shape index (κ3) is 11.1. The van der Waals surface area contributed by atoms with Gasteiger partial charge in [0, 0.05) is 12.0 Å². The minimum absolute atomic E-state index is 0.0970. The summed E-state index contributed by atoms with van der Waals surface area (Å²) in [7, 11) is -3.55. The summed E-state index contributed by atoms with van der Waals surface area (Å²) in [5, 5.41) is 3.71. The Morgan fingerprint density at radius 2 is 1.61 bits per heavy atom. The van der Waals surface area contributed by atoms with Crippen LogP contribution in [0, 0.1) is 12.8 Å². The first-order valence-corrected chi connectivity index (χ1v) is 20.5. The lowest BCUT2D eigenvalue weighted by molar-refractivity contribution is 0.217. The largest absolute Gasteiger partial charge is 0.417 e. The Hall–Kier alpha value is -0.536. The maximum atomic E-state index is 6.92. The van der Waals surface area contributed by atoms with Crippen molar-refractivity contribution in [3.05, 3.63) is 33.3 Å². The lowest BCUT2D eigenvalue weighted by atomic mass is 10.0. The number of thiazole rings is 1. The molecule has 1 heterocycles. The molecule has 0 aromatic carbocycles. The monoisotopic (exact) mass is 551 g/mol. The van der Waals surface area contributed by atoms with Gasteiger partial charge < -0.3 is 8.85 Å². The fourth-order valence-electron chi connectivity index (χ4n) is 3.42. The molecule has 0 saturated heterocycles. The molecule has 0 bridgehead atoms. The molecule has 1 aromatic rings. The number of hydrogen-bond acceptors (Lipinski definition) is 4. The molecular formula is C30H57NO2SSi2. The minimum atomic E-state index is -1.89. The molecule has 0 aliphatic heterocycles. The van der Waals surface area contributed by atoms with E-state index in [0.29, 0.717) is 5.92 Å². The standard InChI is InChI=1S/C30H57NO2SSi2/c1-23(16-15-17-24(2)21-32-35(11,12)29(5,6)7)18-19-28(33-36(13,14)30(8,9)10)25(3)20-27-22-34-26(4)31-27/h18,20,22,24,28H,15-17,19,21H2,1-14H3/b23-18-,25-20+/t24?,28-/m0/s1. The van der Waals surface area contributed by atoms with Crippen LogP contribution in [-0.2, 0) is 8.85 Å². The summed E-state index contributed by atoms with van der Waals surface area (Å²) in [6, 6.07) is 0. The van der Waals surface area contributed by atoms with Gasteiger partial charge in [-0.3, -0.25) is 0 Å². The van der Waals surface area contributed by atoms with Crippen LogP contribution in [0.2, 0.25) is 36.3 Å². The van der Waals surface area contributed by atoms with Crippen LogP contribution in [0.1, 0.15) is 98.7 Å². The van der Waals surface area contributed by atoms with Crippen LogP contribution in [0.3, 0.4) is 0 Å². The van der Waals surface area contributed by atoms with Gasteiger partial charge in [0.25, 0.3) is 0 Å². The molecule has 1 unspecified atom stereocenters. The second kappa shape index (κ2) is 13.5. The van der Waals surface area contributed by atoms with Crippen molar-refractivity contribution in [2.24, 2.45) is 5.92 Å². The minimum Gasteiger partial charge on any atom is -0.417 e. The molecule has 1 rings (SSSR count). The molecule has 0 saturated carbocycles. The van der Waals surface area contributed by atoms with Gasteiger partial charge in [0.15, 0.2) is 16.6 Å². The van der Waals surface area contributed by atoms with E-state index in [0.717, 1.165) is 30.2 Å². The molecule has 0 fully saturated rings. The van der Waals surface area contributed by atoms with Gasteiger partial charge in [0.05, 0.1) is 16.8 Å². The molecule has 2 atom stereocenters. The third-order valence-corrected chi connectivity index (χ3v) is 18.0. The number of aromatic nitrogens is 1. The zero-order valence-electron chi connectivity index (χ0n) is 26.1. The Kier molecular flexibility index (Phi) is 12.6. The van der Waals surface area contributed by atoms with Gasteiger partial charge in [0.2, 0.25) is 0 Å². The topological polar surface area (TPSA) is 31.4 Å². The van der Waals surface area contributed by atoms with E-state index in [1.165, 1.54) is 24.0 Å². The molecule has 3 nitrogen and oxygen atoms in total. The maximum absolute atomic E-state index is 6.92. The molecule has 0 aliphatic carbocycles. The Bertz CT molecular complexity index is 872. The second-order valence-electron chi connectivity index (χ2n) is 13.9. The zero-order chi connectivity index (χ0) is 27.9. The van der Waals surface area contributed by atoms with E-state index < -0.39 is 16.6 Å². The van der Waals surface area contributed by atoms with Crippen molar-refractivity contribution < 1.29 is 8.85 Å². The Morgan fingerprint density at radius 1 is 1.03 bits per heavy atom. The highest BCUT2D eigenvalue weighted by Crippen LogP contribution is 2.39. The number of aryl methyl sites for hydroxylation is 1. The van der Waals surface area contributed by atoms with Crippen molar-refractivity contribution >= 4 is 34.0 Å². The van der Waals surface area contributed by atoms with Crippen molar-refractivity contribution in [1.82, 2.24) is 4.98 Å². The summed E-state index contributed by atoms with van der Waals surface area (Å²) in [5.74, 6) is 0.605. The highest BCUT2D eigenvalue weighted by Gasteiger charge is 2.39. The summed E-state index contributed by atoms with van der Waals surface area (Å²) in [5.41, 5.74) is 3.78. The molecule has 0 N–H and O–H groups in total. The molecule has 208 valence electrons. The molecule has 1 aromatic heterocycles. The normalized spacial score (nSPS) is 16.4. The first kappa shape index (κ1) is 33.5. The Balaban J connectivity index is 2.77. The van der Waals surface area contributed by atoms with Crippen LogP contribution < -0.4 is 0 Å². The molecule has 0 amide bonds. The van der Waals surface area contributed by atoms with E-state index >= 15 is 0 Å². The van der Waals surface area contributed by atoms with Crippen molar-refractivity contribution in [2.75, 3.05) is 6.61 Å². The van der Waals surface area contributed by atoms with Gasteiger partial charge in [-0.25, -0.2) is 4.98 Å². The highest BCUT2D eigenvalue weighted by atomic mass is 32.1. The summed E-state index contributed by atoms with van der Waals surface area (Å²) in [6.07, 6.45) is 9.22. The SMILES string of the molecule is C/C(=C/C[C@H](O[Si](C)(C)C(C)(C)C)/C(C)=C/c1csc(C)n1)CCCC(C)CO[Si](C)(C)C(C)(C)C. The van der Waals surface area contributed by atoms with Gasteiger partial charge in [-0.05, 0) is 100 Å². The molecular weight excluding hydrogens is 495 g/mol. The fraction of sp³-hybridized carbons (Fsp3) is 0.767. The molecule has 36 heavy (non-hydrogen) atoms. The number of hydrogen-bond donors (Lipinski definition) is 0. The third-order valence-electron chi connectivity index (χ3n) is 8.25. The first-order valence-electron chi connectivity index (χ1n) is 13.8. The van der Waals surface area contributed by atoms with E-state index in [1.54, 1.807) is 11.3 Å². The highest BCUT2D eigenvalue weighted by molar-refractivity contribution is 7.09. The fourth-order valence-corrected chi connectivity index (χ4v) is 6.47. The first-order chi connectivity index (χ1) is 16.2. The average molecular weight is 552 g/mol. The zero-order valence-corrected chi connectivity index (χ0v) is 28.9. The quantitative estimate of drug-likeness (QED) is 0.180. The van der Waals surface area contributed by atoms with E-state index in [1.807, 2.05) is 0 Å². The van der Waals surface area contributed by atoms with Crippen molar-refractivity contribution in [3.8, 4) is 0 Å². The predicted molar refractivity (Wildman–Crippen MR) is 167 cm³/mol. The van der Waals surface area contributed by atoms with E-state index in [-0.39, 0.29) is 16.2 Å². The van der Waals surface area contributed by atoms with E-state index in [9.17, 15) is 0 Å². The Labute approximate surface area is 230 Å². The van der Waals surface area contributed by atoms with Crippen LogP contribution in [0.4, 0.5) is 0 Å². The van der Waals surface area contributed by atoms with Gasteiger partial charge in [-0.15, -0.1) is 11.3 Å². The molecule has 0 aliphatic rings. The lowest BCUT2D eigenvalue weighted by Gasteiger charge is -2.39. The molecule has 0 radical (unpaired) electrons. The Morgan fingerprint density at radius 3 is 2.11 bits per heavy atom. The van der Waals surface area contributed by atoms with Crippen LogP contribution in [-0.4, -0.2) is 34.3 Å². The number of rotatable bonds is 13. The van der Waals surface area contributed by atoms with Gasteiger partial charge in [0.1, 0.15) is 0 Å². The lowest BCUT2D eigenvalue weighted by Crippen LogP contribution is -2.44. The van der Waals surface area contributed by atoms with Crippen LogP contribution in [0.25, 0.3) is 6.08 Å². The van der Waals surface area contributed by atoms with Crippen molar-refractivity contribution in [3.63, 3.8) is 0 Å². The van der Waals surface area contributed by atoms with Crippen LogP contribution in [0.5, 0.6) is 0 Å². The van der Waals surface area contributed by atoms with Gasteiger partial charge in [-0.1, -0.05) is 60.1 Å². The molecule has 0 spiro atoms. The van der Waals surface area contributed by atoms with Crippen molar-refractivity contribution in [1.29, 1.82) is 0 Å². The second-order valence-corrected chi connectivity index (χ2v) is 24.5. The maximum Gasteiger partial charge on any atom is 0.192 e. The summed E-state index contributed by atoms with van der Waals surface area (Å²) in [4.78, 5) is 4.65. The van der Waals surface area contributed by atoms with E-state index in [4.69, 9.17) is 8.85 Å². The van der Waals surface area contributed by atoms with Crippen LogP contribution >= 0.6 is 11.3 Å². The number of allylic oxidation sites excluding steroid dienone is 1. The predicted octanol–water partition coefficient (Wildman–Crippen LogP) is 10.4. The van der Waals surface area contributed by atoms with Gasteiger partial charge >= 0.3 is 0 Å². The van der Waals surface area contributed by atoms with Crippen LogP contribution in [0.15, 0.2) is 22.6 Å². The number of nitrogens with zero attached hydrogens (tertiary/aromatic N) is 1. The van der Waals surface area contributed by atoms with Crippen molar-refractivity contribution in [2.45, 2.75) is 137 Å². The average Bonchev–Trinajstić information content (AvgIpc) is 3.12. The smallest absolute Gasteiger partial charge is 0.192 e. The summed E-state index contributed by atoms with van der Waals surface area (Å²) in [6.45, 7) is 33.1. The summed E-state index contributed by atoms with van der Waals surface area (Å²) < 4.78 is 13.4. The van der Waals surface area contributed by atoms with E-state index in [2.05, 4.69) is 118 Å². The molecule has 6 heteroatoms.